The number of fused-ring (bicyclic) bond motifs is 1. The number of aromatic nitrogens is 3. The summed E-state index contributed by atoms with van der Waals surface area (Å²) in [6.07, 6.45) is 1.63. The highest BCUT2D eigenvalue weighted by Crippen LogP contribution is 2.25. The van der Waals surface area contributed by atoms with Crippen LogP contribution >= 0.6 is 0 Å². The highest BCUT2D eigenvalue weighted by atomic mass is 16.5. The monoisotopic (exact) mass is 408 g/mol. The smallest absolute Gasteiger partial charge is 0.339 e. The normalized spacial score (nSPS) is 11.3. The first-order chi connectivity index (χ1) is 14.3. The molecule has 1 amide bonds. The molecule has 2 aromatic heterocycles. The first-order valence-corrected chi connectivity index (χ1v) is 10.1. The minimum Gasteiger partial charge on any atom is -0.452 e. The molecule has 0 spiro atoms. The lowest BCUT2D eigenvalue weighted by molar-refractivity contribution is -0.133. The maximum atomic E-state index is 12.8. The number of likely N-dealkylation sites (N-methyl/N-ethyl adjacent to an activating group) is 1. The van der Waals surface area contributed by atoms with Gasteiger partial charge in [-0.1, -0.05) is 44.2 Å². The Morgan fingerprint density at radius 3 is 2.47 bits per heavy atom. The summed E-state index contributed by atoms with van der Waals surface area (Å²) in [5.41, 5.74) is 2.83. The largest absolute Gasteiger partial charge is 0.452 e. The third-order valence-corrected chi connectivity index (χ3v) is 4.90. The van der Waals surface area contributed by atoms with Gasteiger partial charge in [-0.15, -0.1) is 0 Å². The Morgan fingerprint density at radius 1 is 1.13 bits per heavy atom. The molecule has 0 unspecified atom stereocenters. The van der Waals surface area contributed by atoms with Crippen molar-refractivity contribution in [2.75, 3.05) is 13.7 Å². The van der Waals surface area contributed by atoms with Crippen LogP contribution in [0, 0.1) is 0 Å². The molecule has 158 valence electrons. The number of carbonyl (C=O) groups is 2. The second kappa shape index (κ2) is 9.07. The number of hydrogen-bond acceptors (Lipinski definition) is 5. The molecule has 0 saturated heterocycles. The zero-order valence-corrected chi connectivity index (χ0v) is 18.1. The van der Waals surface area contributed by atoms with Crippen LogP contribution in [0.2, 0.25) is 0 Å². The minimum absolute atomic E-state index is 0.106. The zero-order valence-electron chi connectivity index (χ0n) is 18.1. The van der Waals surface area contributed by atoms with Gasteiger partial charge in [-0.3, -0.25) is 4.79 Å². The van der Waals surface area contributed by atoms with E-state index < -0.39 is 5.97 Å². The fraction of sp³-hybridized carbons (Fsp3) is 0.391. The van der Waals surface area contributed by atoms with Crippen LogP contribution in [0.5, 0.6) is 0 Å². The van der Waals surface area contributed by atoms with Gasteiger partial charge in [0.15, 0.2) is 12.3 Å². The molecule has 3 rings (SSSR count). The van der Waals surface area contributed by atoms with E-state index in [4.69, 9.17) is 4.74 Å². The van der Waals surface area contributed by atoms with Gasteiger partial charge in [0.05, 0.1) is 17.1 Å². The molecule has 0 bridgehead atoms. The van der Waals surface area contributed by atoms with Crippen LogP contribution in [-0.2, 0) is 16.1 Å². The Labute approximate surface area is 176 Å². The van der Waals surface area contributed by atoms with Gasteiger partial charge in [0.2, 0.25) is 0 Å². The molecule has 0 fully saturated rings. The summed E-state index contributed by atoms with van der Waals surface area (Å²) >= 11 is 0. The molecule has 1 aromatic carbocycles. The molecule has 2 heterocycles. The van der Waals surface area contributed by atoms with Crippen molar-refractivity contribution in [3.63, 3.8) is 0 Å². The predicted molar refractivity (Wildman–Crippen MR) is 115 cm³/mol. The van der Waals surface area contributed by atoms with Gasteiger partial charge in [-0.05, 0) is 31.4 Å². The summed E-state index contributed by atoms with van der Waals surface area (Å²) in [5, 5.41) is 5.01. The van der Waals surface area contributed by atoms with Crippen molar-refractivity contribution in [1.29, 1.82) is 0 Å². The Morgan fingerprint density at radius 2 is 1.83 bits per heavy atom. The van der Waals surface area contributed by atoms with Crippen LogP contribution in [0.25, 0.3) is 11.0 Å². The van der Waals surface area contributed by atoms with Crippen LogP contribution in [0.4, 0.5) is 0 Å². The lowest BCUT2D eigenvalue weighted by Gasteiger charge is -2.17. The van der Waals surface area contributed by atoms with Crippen molar-refractivity contribution in [3.8, 4) is 0 Å². The maximum Gasteiger partial charge on any atom is 0.339 e. The van der Waals surface area contributed by atoms with E-state index in [1.807, 2.05) is 58.0 Å². The summed E-state index contributed by atoms with van der Waals surface area (Å²) in [7, 11) is 1.69. The number of hydrogen-bond donors (Lipinski definition) is 0. The van der Waals surface area contributed by atoms with Gasteiger partial charge in [0, 0.05) is 25.3 Å². The molecule has 0 atom stereocenters. The number of rotatable bonds is 7. The van der Waals surface area contributed by atoms with Gasteiger partial charge in [0.25, 0.3) is 5.91 Å². The van der Waals surface area contributed by atoms with Crippen molar-refractivity contribution < 1.29 is 14.3 Å². The van der Waals surface area contributed by atoms with Gasteiger partial charge in [-0.25, -0.2) is 14.5 Å². The first-order valence-electron chi connectivity index (χ1n) is 10.1. The van der Waals surface area contributed by atoms with Gasteiger partial charge in [-0.2, -0.15) is 5.10 Å². The molecule has 0 saturated carbocycles. The molecule has 30 heavy (non-hydrogen) atoms. The van der Waals surface area contributed by atoms with Crippen molar-refractivity contribution in [2.45, 2.75) is 46.2 Å². The van der Waals surface area contributed by atoms with Gasteiger partial charge < -0.3 is 9.64 Å². The number of pyridine rings is 1. The second-order valence-corrected chi connectivity index (χ2v) is 7.98. The molecular formula is C23H28N4O3. The van der Waals surface area contributed by atoms with E-state index in [1.165, 1.54) is 0 Å². The van der Waals surface area contributed by atoms with E-state index in [-0.39, 0.29) is 24.5 Å². The average Bonchev–Trinajstić information content (AvgIpc) is 3.16. The van der Waals surface area contributed by atoms with E-state index in [1.54, 1.807) is 28.9 Å². The maximum absolute atomic E-state index is 12.8. The molecule has 0 aliphatic heterocycles. The zero-order chi connectivity index (χ0) is 21.8. The highest BCUT2D eigenvalue weighted by molar-refractivity contribution is 6.03. The molecule has 7 heteroatoms. The van der Waals surface area contributed by atoms with Crippen LogP contribution in [0.15, 0.2) is 42.6 Å². The molecule has 0 N–H and O–H groups in total. The minimum atomic E-state index is -0.547. The van der Waals surface area contributed by atoms with E-state index in [9.17, 15) is 9.59 Å². The third kappa shape index (κ3) is 4.67. The first kappa shape index (κ1) is 21.5. The van der Waals surface area contributed by atoms with E-state index in [0.717, 1.165) is 11.3 Å². The summed E-state index contributed by atoms with van der Waals surface area (Å²) in [6, 6.07) is 11.5. The van der Waals surface area contributed by atoms with Crippen molar-refractivity contribution >= 4 is 22.9 Å². The van der Waals surface area contributed by atoms with Gasteiger partial charge >= 0.3 is 5.97 Å². The molecule has 7 nitrogen and oxygen atoms in total. The van der Waals surface area contributed by atoms with E-state index in [0.29, 0.717) is 23.1 Å². The topological polar surface area (TPSA) is 77.3 Å². The lowest BCUT2D eigenvalue weighted by atomic mass is 10.1. The summed E-state index contributed by atoms with van der Waals surface area (Å²) < 4.78 is 7.15. The van der Waals surface area contributed by atoms with Gasteiger partial charge in [0.1, 0.15) is 0 Å². The standard InChI is InChI=1S/C23H28N4O3/c1-15(2)20-11-18(19-12-24-27(16(3)4)22(19)25-20)23(29)30-14-21(28)26(5)13-17-9-7-6-8-10-17/h6-12,15-16H,13-14H2,1-5H3. The summed E-state index contributed by atoms with van der Waals surface area (Å²) in [6.45, 7) is 8.18. The Bertz CT molecular complexity index is 1040. The number of benzene rings is 1. The van der Waals surface area contributed by atoms with Crippen molar-refractivity contribution in [1.82, 2.24) is 19.7 Å². The van der Waals surface area contributed by atoms with Crippen LogP contribution in [0.1, 0.15) is 61.3 Å². The SMILES string of the molecule is CC(C)c1cc(C(=O)OCC(=O)N(C)Cc2ccccc2)c2cnn(C(C)C)c2n1. The quantitative estimate of drug-likeness (QED) is 0.553. The van der Waals surface area contributed by atoms with E-state index >= 15 is 0 Å². The lowest BCUT2D eigenvalue weighted by Crippen LogP contribution is -2.30. The number of nitrogens with zero attached hydrogens (tertiary/aromatic N) is 4. The fourth-order valence-corrected chi connectivity index (χ4v) is 3.14. The van der Waals surface area contributed by atoms with Crippen LogP contribution in [-0.4, -0.2) is 45.2 Å². The number of amides is 1. The fourth-order valence-electron chi connectivity index (χ4n) is 3.14. The number of carbonyl (C=O) groups excluding carboxylic acids is 2. The molecule has 3 aromatic rings. The van der Waals surface area contributed by atoms with E-state index in [2.05, 4.69) is 10.1 Å². The number of ether oxygens (including phenoxy) is 1. The second-order valence-electron chi connectivity index (χ2n) is 7.98. The van der Waals surface area contributed by atoms with Crippen LogP contribution < -0.4 is 0 Å². The Hall–Kier alpha value is -3.22. The number of esters is 1. The molecule has 0 radical (unpaired) electrons. The highest BCUT2D eigenvalue weighted by Gasteiger charge is 2.21. The molecule has 0 aliphatic rings. The predicted octanol–water partition coefficient (Wildman–Crippen LogP) is 3.95. The molecule has 0 aliphatic carbocycles. The van der Waals surface area contributed by atoms with Crippen molar-refractivity contribution in [2.24, 2.45) is 0 Å². The Kier molecular flexibility index (Phi) is 6.50. The summed E-state index contributed by atoms with van der Waals surface area (Å²) in [5.74, 6) is -0.677. The average molecular weight is 409 g/mol. The van der Waals surface area contributed by atoms with Crippen molar-refractivity contribution in [3.05, 3.63) is 59.4 Å². The Balaban J connectivity index is 1.77. The third-order valence-electron chi connectivity index (χ3n) is 4.90. The molecular weight excluding hydrogens is 380 g/mol. The summed E-state index contributed by atoms with van der Waals surface area (Å²) in [4.78, 5) is 31.5. The van der Waals surface area contributed by atoms with Crippen LogP contribution in [0.3, 0.4) is 0 Å².